The summed E-state index contributed by atoms with van der Waals surface area (Å²) in [5.74, 6) is 0.920. The van der Waals surface area contributed by atoms with Crippen LogP contribution in [0.3, 0.4) is 0 Å². The van der Waals surface area contributed by atoms with Gasteiger partial charge in [0.2, 0.25) is 5.91 Å². The van der Waals surface area contributed by atoms with Crippen molar-refractivity contribution in [1.29, 1.82) is 0 Å². The molecule has 0 saturated heterocycles. The maximum atomic E-state index is 11.6. The van der Waals surface area contributed by atoms with Crippen LogP contribution in [0.5, 0.6) is 0 Å². The Hall–Kier alpha value is -1.93. The summed E-state index contributed by atoms with van der Waals surface area (Å²) in [4.78, 5) is 11.6. The van der Waals surface area contributed by atoms with E-state index in [0.717, 1.165) is 11.4 Å². The third-order valence-electron chi connectivity index (χ3n) is 2.83. The van der Waals surface area contributed by atoms with Crippen LogP contribution in [-0.2, 0) is 9.53 Å². The van der Waals surface area contributed by atoms with Gasteiger partial charge in [-0.05, 0) is 32.0 Å². The van der Waals surface area contributed by atoms with E-state index in [1.807, 2.05) is 32.0 Å². The van der Waals surface area contributed by atoms with Gasteiger partial charge in [0, 0.05) is 19.3 Å². The Balaban J connectivity index is 1.89. The lowest BCUT2D eigenvalue weighted by Crippen LogP contribution is -2.28. The predicted octanol–water partition coefficient (Wildman–Crippen LogP) is 1.13. The second-order valence-corrected chi connectivity index (χ2v) is 5.70. The third kappa shape index (κ3) is 4.54. The molecule has 7 nitrogen and oxygen atoms in total. The van der Waals surface area contributed by atoms with Crippen LogP contribution in [0.15, 0.2) is 23.2 Å². The Morgan fingerprint density at radius 2 is 2.18 bits per heavy atom. The third-order valence-corrected chi connectivity index (χ3v) is 3.75. The molecular weight excluding hydrogens is 302 g/mol. The van der Waals surface area contributed by atoms with E-state index in [1.54, 1.807) is 11.8 Å². The lowest BCUT2D eigenvalue weighted by Gasteiger charge is -2.05. The fraction of sp³-hybridized carbons (Fsp3) is 0.429. The summed E-state index contributed by atoms with van der Waals surface area (Å²) in [5.41, 5.74) is 1.94. The molecule has 2 aromatic rings. The summed E-state index contributed by atoms with van der Waals surface area (Å²) in [6.45, 7) is 4.92. The Bertz CT molecular complexity index is 627. The normalized spacial score (nSPS) is 10.7. The van der Waals surface area contributed by atoms with Gasteiger partial charge in [-0.25, -0.2) is 4.68 Å². The smallest absolute Gasteiger partial charge is 0.230 e. The van der Waals surface area contributed by atoms with Gasteiger partial charge in [-0.2, -0.15) is 5.10 Å². The van der Waals surface area contributed by atoms with Crippen molar-refractivity contribution in [3.63, 3.8) is 0 Å². The van der Waals surface area contributed by atoms with Gasteiger partial charge in [0.15, 0.2) is 5.82 Å². The topological polar surface area (TPSA) is 81.9 Å². The summed E-state index contributed by atoms with van der Waals surface area (Å²) in [7, 11) is 1.60. The number of nitrogens with zero attached hydrogens (tertiary/aromatic N) is 4. The van der Waals surface area contributed by atoms with Crippen molar-refractivity contribution in [1.82, 2.24) is 25.3 Å². The standard InChI is InChI=1S/C14H19N5O2S/c1-10-8-11(2)19(18-10)12-4-5-14(17-16-12)22-9-13(20)15-6-7-21-3/h4-5,8H,6-7,9H2,1-3H3,(H,15,20). The molecule has 0 aliphatic heterocycles. The van der Waals surface area contributed by atoms with Crippen LogP contribution in [-0.4, -0.2) is 51.9 Å². The first kappa shape index (κ1) is 16.4. The van der Waals surface area contributed by atoms with E-state index in [0.29, 0.717) is 29.7 Å². The molecule has 0 aliphatic carbocycles. The second-order valence-electron chi connectivity index (χ2n) is 4.70. The molecular formula is C14H19N5O2S. The van der Waals surface area contributed by atoms with Gasteiger partial charge in [-0.3, -0.25) is 4.79 Å². The molecule has 0 aliphatic rings. The zero-order chi connectivity index (χ0) is 15.9. The Morgan fingerprint density at radius 3 is 2.77 bits per heavy atom. The maximum absolute atomic E-state index is 11.6. The average molecular weight is 321 g/mol. The minimum Gasteiger partial charge on any atom is -0.383 e. The summed E-state index contributed by atoms with van der Waals surface area (Å²) in [5, 5.41) is 16.1. The van der Waals surface area contributed by atoms with E-state index in [1.165, 1.54) is 11.8 Å². The highest BCUT2D eigenvalue weighted by atomic mass is 32.2. The molecule has 0 saturated carbocycles. The van der Waals surface area contributed by atoms with E-state index in [2.05, 4.69) is 20.6 Å². The lowest BCUT2D eigenvalue weighted by molar-refractivity contribution is -0.118. The van der Waals surface area contributed by atoms with Gasteiger partial charge >= 0.3 is 0 Å². The monoisotopic (exact) mass is 321 g/mol. The Morgan fingerprint density at radius 1 is 1.36 bits per heavy atom. The molecule has 0 bridgehead atoms. The highest BCUT2D eigenvalue weighted by molar-refractivity contribution is 7.99. The molecule has 1 amide bonds. The van der Waals surface area contributed by atoms with Crippen LogP contribution in [0.25, 0.3) is 5.82 Å². The Kier molecular flexibility index (Phi) is 5.91. The molecule has 2 rings (SSSR count). The van der Waals surface area contributed by atoms with Gasteiger partial charge in [0.25, 0.3) is 0 Å². The molecule has 8 heteroatoms. The van der Waals surface area contributed by atoms with E-state index >= 15 is 0 Å². The number of carbonyl (C=O) groups excluding carboxylic acids is 1. The number of carbonyl (C=O) groups is 1. The van der Waals surface area contributed by atoms with Crippen LogP contribution in [0, 0.1) is 13.8 Å². The predicted molar refractivity (Wildman–Crippen MR) is 84.2 cm³/mol. The quantitative estimate of drug-likeness (QED) is 0.608. The van der Waals surface area contributed by atoms with Crippen molar-refractivity contribution in [2.75, 3.05) is 26.0 Å². The molecule has 0 fully saturated rings. The van der Waals surface area contributed by atoms with Crippen LogP contribution in [0.4, 0.5) is 0 Å². The number of nitrogens with one attached hydrogen (secondary N) is 1. The molecule has 2 aromatic heterocycles. The van der Waals surface area contributed by atoms with E-state index in [4.69, 9.17) is 4.74 Å². The molecule has 0 aromatic carbocycles. The number of rotatable bonds is 7. The molecule has 1 N–H and O–H groups in total. The van der Waals surface area contributed by atoms with E-state index in [-0.39, 0.29) is 5.91 Å². The van der Waals surface area contributed by atoms with Gasteiger partial charge in [0.1, 0.15) is 5.03 Å². The number of aryl methyl sites for hydroxylation is 2. The molecule has 22 heavy (non-hydrogen) atoms. The number of aromatic nitrogens is 4. The van der Waals surface area contributed by atoms with Gasteiger partial charge in [-0.1, -0.05) is 11.8 Å². The molecule has 0 spiro atoms. The van der Waals surface area contributed by atoms with Crippen molar-refractivity contribution in [2.24, 2.45) is 0 Å². The molecule has 118 valence electrons. The van der Waals surface area contributed by atoms with Crippen LogP contribution < -0.4 is 5.32 Å². The zero-order valence-corrected chi connectivity index (χ0v) is 13.7. The fourth-order valence-corrected chi connectivity index (χ4v) is 2.49. The number of hydrogen-bond donors (Lipinski definition) is 1. The van der Waals surface area contributed by atoms with Crippen molar-refractivity contribution >= 4 is 17.7 Å². The van der Waals surface area contributed by atoms with E-state index in [9.17, 15) is 4.79 Å². The average Bonchev–Trinajstić information content (AvgIpc) is 2.85. The first-order chi connectivity index (χ1) is 10.6. The van der Waals surface area contributed by atoms with Crippen molar-refractivity contribution in [3.8, 4) is 5.82 Å². The fourth-order valence-electron chi connectivity index (χ4n) is 1.85. The summed E-state index contributed by atoms with van der Waals surface area (Å²) in [6.07, 6.45) is 0. The van der Waals surface area contributed by atoms with Crippen LogP contribution >= 0.6 is 11.8 Å². The zero-order valence-electron chi connectivity index (χ0n) is 12.9. The molecule has 2 heterocycles. The summed E-state index contributed by atoms with van der Waals surface area (Å²) >= 11 is 1.34. The SMILES string of the molecule is COCCNC(=O)CSc1ccc(-n2nc(C)cc2C)nn1. The first-order valence-corrected chi connectivity index (χ1v) is 7.84. The lowest BCUT2D eigenvalue weighted by atomic mass is 10.4. The first-order valence-electron chi connectivity index (χ1n) is 6.86. The molecule has 0 radical (unpaired) electrons. The highest BCUT2D eigenvalue weighted by Gasteiger charge is 2.07. The summed E-state index contributed by atoms with van der Waals surface area (Å²) < 4.78 is 6.61. The molecule has 0 atom stereocenters. The number of hydrogen-bond acceptors (Lipinski definition) is 6. The largest absolute Gasteiger partial charge is 0.383 e. The number of methoxy groups -OCH3 is 1. The number of thioether (sulfide) groups is 1. The highest BCUT2D eigenvalue weighted by Crippen LogP contribution is 2.15. The molecule has 0 unspecified atom stereocenters. The van der Waals surface area contributed by atoms with Gasteiger partial charge < -0.3 is 10.1 Å². The second kappa shape index (κ2) is 7.90. The van der Waals surface area contributed by atoms with Crippen molar-refractivity contribution in [3.05, 3.63) is 29.6 Å². The van der Waals surface area contributed by atoms with Crippen LogP contribution in [0.2, 0.25) is 0 Å². The Labute approximate surface area is 133 Å². The van der Waals surface area contributed by atoms with Crippen LogP contribution in [0.1, 0.15) is 11.4 Å². The van der Waals surface area contributed by atoms with Gasteiger partial charge in [0.05, 0.1) is 18.1 Å². The summed E-state index contributed by atoms with van der Waals surface area (Å²) in [6, 6.07) is 5.66. The maximum Gasteiger partial charge on any atom is 0.230 e. The minimum absolute atomic E-state index is 0.0496. The van der Waals surface area contributed by atoms with Crippen molar-refractivity contribution < 1.29 is 9.53 Å². The number of ether oxygens (including phenoxy) is 1. The van der Waals surface area contributed by atoms with E-state index < -0.39 is 0 Å². The van der Waals surface area contributed by atoms with Gasteiger partial charge in [-0.15, -0.1) is 10.2 Å². The minimum atomic E-state index is -0.0496. The number of amides is 1. The van der Waals surface area contributed by atoms with Crippen molar-refractivity contribution in [2.45, 2.75) is 18.9 Å².